The summed E-state index contributed by atoms with van der Waals surface area (Å²) < 4.78 is 60.6. The second kappa shape index (κ2) is 15.0. The monoisotopic (exact) mass is 743 g/mol. The number of piperidine rings is 1. The topological polar surface area (TPSA) is 139 Å². The van der Waals surface area contributed by atoms with Gasteiger partial charge in [0, 0.05) is 49.1 Å². The van der Waals surface area contributed by atoms with Crippen LogP contribution in [-0.2, 0) is 19.5 Å². The smallest absolute Gasteiger partial charge is 0.259 e. The maximum absolute atomic E-state index is 14.5. The van der Waals surface area contributed by atoms with Gasteiger partial charge in [0.1, 0.15) is 17.9 Å². The molecule has 4 aliphatic rings. The van der Waals surface area contributed by atoms with Gasteiger partial charge >= 0.3 is 0 Å². The van der Waals surface area contributed by atoms with Gasteiger partial charge in [-0.25, -0.2) is 32.5 Å². The van der Waals surface area contributed by atoms with Crippen LogP contribution in [0.25, 0.3) is 0 Å². The number of sulfonamides is 1. The SMILES string of the molecule is Cc1nc(S(=O)(=O)N[C@@H]2CC[C@@H](CN3CCC4(CC3)CN(c3ncncc3Oc3ccc(F)cc3C(=O)N(C(C)C)C3CCOC3)C4)OC2)cs1. The van der Waals surface area contributed by atoms with E-state index >= 15 is 0 Å². The lowest BCUT2D eigenvalue weighted by Crippen LogP contribution is -2.61. The summed E-state index contributed by atoms with van der Waals surface area (Å²) in [4.78, 5) is 33.1. The van der Waals surface area contributed by atoms with Gasteiger partial charge < -0.3 is 28.9 Å². The van der Waals surface area contributed by atoms with E-state index in [0.717, 1.165) is 69.8 Å². The third kappa shape index (κ3) is 8.05. The molecule has 0 bridgehead atoms. The van der Waals surface area contributed by atoms with Crippen molar-refractivity contribution < 1.29 is 31.8 Å². The van der Waals surface area contributed by atoms with Crippen molar-refractivity contribution in [2.24, 2.45) is 5.41 Å². The predicted octanol–water partition coefficient (Wildman–Crippen LogP) is 4.24. The van der Waals surface area contributed by atoms with Crippen LogP contribution in [0.2, 0.25) is 0 Å². The zero-order valence-electron chi connectivity index (χ0n) is 29.3. The van der Waals surface area contributed by atoms with Crippen LogP contribution in [0.1, 0.15) is 61.3 Å². The first kappa shape index (κ1) is 36.1. The molecule has 51 heavy (non-hydrogen) atoms. The fourth-order valence-corrected chi connectivity index (χ4v) is 9.90. The zero-order chi connectivity index (χ0) is 35.8. The number of hydrogen-bond donors (Lipinski definition) is 1. The number of anilines is 1. The van der Waals surface area contributed by atoms with E-state index < -0.39 is 15.8 Å². The number of likely N-dealkylation sites (tertiary alicyclic amines) is 1. The Morgan fingerprint density at radius 3 is 2.65 bits per heavy atom. The Bertz CT molecular complexity index is 1800. The average molecular weight is 744 g/mol. The van der Waals surface area contributed by atoms with E-state index in [1.54, 1.807) is 23.4 Å². The van der Waals surface area contributed by atoms with Crippen molar-refractivity contribution in [1.82, 2.24) is 29.5 Å². The zero-order valence-corrected chi connectivity index (χ0v) is 30.9. The number of rotatable bonds is 11. The van der Waals surface area contributed by atoms with Crippen molar-refractivity contribution in [2.45, 2.75) is 82.1 Å². The summed E-state index contributed by atoms with van der Waals surface area (Å²) in [6.45, 7) is 11.5. The molecule has 13 nitrogen and oxygen atoms in total. The van der Waals surface area contributed by atoms with Crippen molar-refractivity contribution >= 4 is 33.1 Å². The summed E-state index contributed by atoms with van der Waals surface area (Å²) in [6, 6.07) is 3.59. The van der Waals surface area contributed by atoms with Crippen molar-refractivity contribution in [1.29, 1.82) is 0 Å². The highest BCUT2D eigenvalue weighted by Crippen LogP contribution is 2.45. The number of amides is 1. The molecule has 0 saturated carbocycles. The van der Waals surface area contributed by atoms with Crippen LogP contribution in [-0.4, -0.2) is 116 Å². The maximum Gasteiger partial charge on any atom is 0.259 e. The molecular formula is C35H46FN7O6S2. The van der Waals surface area contributed by atoms with E-state index in [2.05, 4.69) is 29.5 Å². The summed E-state index contributed by atoms with van der Waals surface area (Å²) in [7, 11) is -3.65. The first-order valence-electron chi connectivity index (χ1n) is 17.7. The summed E-state index contributed by atoms with van der Waals surface area (Å²) in [6.07, 6.45) is 7.49. The number of carbonyl (C=O) groups is 1. The Balaban J connectivity index is 0.921. The van der Waals surface area contributed by atoms with Gasteiger partial charge in [0.15, 0.2) is 16.6 Å². The molecule has 4 aliphatic heterocycles. The Labute approximate surface area is 302 Å². The summed E-state index contributed by atoms with van der Waals surface area (Å²) in [5, 5.41) is 2.36. The lowest BCUT2D eigenvalue weighted by molar-refractivity contribution is -0.0299. The molecular weight excluding hydrogens is 698 g/mol. The lowest BCUT2D eigenvalue weighted by atomic mass is 9.72. The van der Waals surface area contributed by atoms with Crippen LogP contribution in [0.15, 0.2) is 41.1 Å². The van der Waals surface area contributed by atoms with Gasteiger partial charge in [-0.2, -0.15) is 0 Å². The van der Waals surface area contributed by atoms with Crippen molar-refractivity contribution in [3.8, 4) is 11.5 Å². The van der Waals surface area contributed by atoms with Crippen molar-refractivity contribution in [3.63, 3.8) is 0 Å². The molecule has 1 spiro atoms. The molecule has 4 fully saturated rings. The molecule has 1 N–H and O–H groups in total. The number of carbonyl (C=O) groups excluding carboxylic acids is 1. The quantitative estimate of drug-likeness (QED) is 0.302. The summed E-state index contributed by atoms with van der Waals surface area (Å²) in [5.74, 6) is 0.516. The third-order valence-corrected chi connectivity index (χ3v) is 12.8. The van der Waals surface area contributed by atoms with E-state index in [4.69, 9.17) is 14.2 Å². The van der Waals surface area contributed by atoms with Crippen LogP contribution in [0, 0.1) is 18.2 Å². The van der Waals surface area contributed by atoms with Gasteiger partial charge in [-0.1, -0.05) is 0 Å². The maximum atomic E-state index is 14.5. The van der Waals surface area contributed by atoms with Gasteiger partial charge in [0.25, 0.3) is 15.9 Å². The minimum atomic E-state index is -3.65. The number of aromatic nitrogens is 3. The number of aryl methyl sites for hydroxylation is 1. The molecule has 1 unspecified atom stereocenters. The first-order chi connectivity index (χ1) is 24.5. The normalized spacial score (nSPS) is 23.8. The minimum absolute atomic E-state index is 0.0716. The molecule has 2 aromatic heterocycles. The highest BCUT2D eigenvalue weighted by molar-refractivity contribution is 7.89. The van der Waals surface area contributed by atoms with Gasteiger partial charge in [0.2, 0.25) is 0 Å². The fourth-order valence-electron chi connectivity index (χ4n) is 7.72. The van der Waals surface area contributed by atoms with E-state index in [9.17, 15) is 17.6 Å². The van der Waals surface area contributed by atoms with Crippen LogP contribution in [0.3, 0.4) is 0 Å². The highest BCUT2D eigenvalue weighted by atomic mass is 32.2. The standard InChI is InChI=1S/C35H46FN7O6S2/c1-23(2)43(27-8-13-47-18-27)34(44)29-14-25(36)4-7-30(29)49-31-15-37-22-38-33(31)42-20-35(21-42)9-11-41(12-10-35)16-28-6-5-26(17-48-28)40-51(45,46)32-19-50-24(3)39-32/h4,7,14-15,19,22-23,26-28,40H,5-6,8-13,16-18,20-21H2,1-3H3/t26-,27?,28+/m1/s1. The number of ether oxygens (including phenoxy) is 3. The number of benzene rings is 1. The van der Waals surface area contributed by atoms with Crippen molar-refractivity contribution in [2.75, 3.05) is 57.4 Å². The van der Waals surface area contributed by atoms with Crippen LogP contribution in [0.5, 0.6) is 11.5 Å². The molecule has 0 radical (unpaired) electrons. The van der Waals surface area contributed by atoms with E-state index in [-0.39, 0.29) is 51.9 Å². The molecule has 1 amide bonds. The van der Waals surface area contributed by atoms with E-state index in [0.29, 0.717) is 31.4 Å². The minimum Gasteiger partial charge on any atom is -0.451 e. The Hall–Kier alpha value is -3.28. The van der Waals surface area contributed by atoms with Gasteiger partial charge in [-0.3, -0.25) is 4.79 Å². The van der Waals surface area contributed by atoms with E-state index in [1.807, 2.05) is 13.8 Å². The lowest BCUT2D eigenvalue weighted by Gasteiger charge is -2.54. The fraction of sp³-hybridized carbons (Fsp3) is 0.600. The second-order valence-electron chi connectivity index (χ2n) is 14.5. The molecule has 0 aliphatic carbocycles. The third-order valence-electron chi connectivity index (χ3n) is 10.4. The molecule has 1 aromatic carbocycles. The molecule has 3 atom stereocenters. The van der Waals surface area contributed by atoms with Crippen LogP contribution < -0.4 is 14.4 Å². The predicted molar refractivity (Wildman–Crippen MR) is 189 cm³/mol. The number of nitrogens with zero attached hydrogens (tertiary/aromatic N) is 6. The number of thiazole rings is 1. The molecule has 6 heterocycles. The van der Waals surface area contributed by atoms with Gasteiger partial charge in [-0.05, 0) is 84.2 Å². The van der Waals surface area contributed by atoms with Crippen LogP contribution >= 0.6 is 11.3 Å². The molecule has 276 valence electrons. The summed E-state index contributed by atoms with van der Waals surface area (Å²) in [5.41, 5.74) is 0.323. The Morgan fingerprint density at radius 1 is 1.18 bits per heavy atom. The molecule has 16 heteroatoms. The largest absolute Gasteiger partial charge is 0.451 e. The number of hydrogen-bond acceptors (Lipinski definition) is 12. The van der Waals surface area contributed by atoms with E-state index in [1.165, 1.54) is 35.9 Å². The van der Waals surface area contributed by atoms with Gasteiger partial charge in [-0.15, -0.1) is 11.3 Å². The number of halogens is 1. The Kier molecular flexibility index (Phi) is 10.6. The first-order valence-corrected chi connectivity index (χ1v) is 20.1. The second-order valence-corrected chi connectivity index (χ2v) is 17.2. The van der Waals surface area contributed by atoms with Gasteiger partial charge in [0.05, 0.1) is 42.1 Å². The van der Waals surface area contributed by atoms with Crippen molar-refractivity contribution in [3.05, 3.63) is 52.5 Å². The molecule has 3 aromatic rings. The van der Waals surface area contributed by atoms with Crippen LogP contribution in [0.4, 0.5) is 10.2 Å². The average Bonchev–Trinajstić information content (AvgIpc) is 3.79. The summed E-state index contributed by atoms with van der Waals surface area (Å²) >= 11 is 1.32. The highest BCUT2D eigenvalue weighted by Gasteiger charge is 2.46. The molecule has 4 saturated heterocycles. The Morgan fingerprint density at radius 2 is 1.98 bits per heavy atom. The molecule has 7 rings (SSSR count). The number of nitrogens with one attached hydrogen (secondary N) is 1.